The molecule has 1 N–H and O–H groups in total. The van der Waals surface area contributed by atoms with Crippen molar-refractivity contribution in [2.75, 3.05) is 25.0 Å². The third kappa shape index (κ3) is 4.63. The van der Waals surface area contributed by atoms with E-state index >= 15 is 0 Å². The first-order valence-electron chi connectivity index (χ1n) is 9.88. The number of nitrogens with zero attached hydrogens (tertiary/aromatic N) is 1. The number of benzene rings is 3. The van der Waals surface area contributed by atoms with Crippen molar-refractivity contribution in [3.05, 3.63) is 66.2 Å². The molecule has 0 spiro atoms. The Balaban J connectivity index is 1.80. The fourth-order valence-electron chi connectivity index (χ4n) is 3.30. The number of nitrogens with one attached hydrogen (secondary N) is 1. The van der Waals surface area contributed by atoms with Crippen molar-refractivity contribution in [3.63, 3.8) is 0 Å². The van der Waals surface area contributed by atoms with Crippen molar-refractivity contribution >= 4 is 32.4 Å². The van der Waals surface area contributed by atoms with Crippen LogP contribution in [0, 0.1) is 6.92 Å². The Hall–Kier alpha value is -2.90. The van der Waals surface area contributed by atoms with Crippen molar-refractivity contribution in [2.24, 2.45) is 0 Å². The largest absolute Gasteiger partial charge is 0.494 e. The van der Waals surface area contributed by atoms with Gasteiger partial charge in [-0.05, 0) is 49.1 Å². The van der Waals surface area contributed by atoms with Crippen LogP contribution in [0.2, 0.25) is 0 Å². The summed E-state index contributed by atoms with van der Waals surface area (Å²) in [6, 6.07) is 18.1. The molecule has 0 aliphatic heterocycles. The van der Waals surface area contributed by atoms with E-state index in [1.54, 1.807) is 32.0 Å². The van der Waals surface area contributed by atoms with Crippen LogP contribution in [-0.4, -0.2) is 38.3 Å². The quantitative estimate of drug-likeness (QED) is 0.586. The van der Waals surface area contributed by atoms with Crippen molar-refractivity contribution < 1.29 is 17.9 Å². The number of anilines is 1. The normalized spacial score (nSPS) is 11.6. The van der Waals surface area contributed by atoms with Crippen LogP contribution in [0.25, 0.3) is 10.8 Å². The predicted octanol–water partition coefficient (Wildman–Crippen LogP) is 4.20. The molecule has 0 aliphatic carbocycles. The number of aryl methyl sites for hydroxylation is 1. The lowest BCUT2D eigenvalue weighted by molar-refractivity contribution is -0.116. The van der Waals surface area contributed by atoms with Gasteiger partial charge in [0.1, 0.15) is 5.75 Å². The van der Waals surface area contributed by atoms with Crippen LogP contribution < -0.4 is 10.1 Å². The SMILES string of the molecule is CCOc1ccc(S(=O)(=O)N(CC)CC(=O)Nc2cccc3ccccc23)cc1C. The lowest BCUT2D eigenvalue weighted by Crippen LogP contribution is -2.37. The first-order valence-corrected chi connectivity index (χ1v) is 11.3. The average Bonchev–Trinajstić information content (AvgIpc) is 2.73. The van der Waals surface area contributed by atoms with Gasteiger partial charge < -0.3 is 10.1 Å². The monoisotopic (exact) mass is 426 g/mol. The summed E-state index contributed by atoms with van der Waals surface area (Å²) in [5.74, 6) is 0.257. The Morgan fingerprint density at radius 2 is 1.77 bits per heavy atom. The van der Waals surface area contributed by atoms with Crippen LogP contribution in [0.3, 0.4) is 0 Å². The van der Waals surface area contributed by atoms with Gasteiger partial charge in [-0.3, -0.25) is 4.79 Å². The Kier molecular flexibility index (Phi) is 6.74. The minimum absolute atomic E-state index is 0.142. The molecule has 0 aliphatic rings. The van der Waals surface area contributed by atoms with E-state index in [1.807, 2.05) is 43.3 Å². The van der Waals surface area contributed by atoms with Gasteiger partial charge in [-0.15, -0.1) is 0 Å². The van der Waals surface area contributed by atoms with Crippen LogP contribution in [0.4, 0.5) is 5.69 Å². The number of hydrogen-bond donors (Lipinski definition) is 1. The third-order valence-corrected chi connectivity index (χ3v) is 6.74. The summed E-state index contributed by atoms with van der Waals surface area (Å²) in [6.07, 6.45) is 0. The molecular weight excluding hydrogens is 400 g/mol. The number of amides is 1. The number of ether oxygens (including phenoxy) is 1. The number of likely N-dealkylation sites (N-methyl/N-ethyl adjacent to an activating group) is 1. The molecule has 0 heterocycles. The molecule has 6 nitrogen and oxygen atoms in total. The van der Waals surface area contributed by atoms with E-state index in [1.165, 1.54) is 10.4 Å². The summed E-state index contributed by atoms with van der Waals surface area (Å²) < 4.78 is 32.8. The van der Waals surface area contributed by atoms with Crippen molar-refractivity contribution in [1.82, 2.24) is 4.31 Å². The number of sulfonamides is 1. The molecule has 3 aromatic rings. The van der Waals surface area contributed by atoms with E-state index in [0.717, 1.165) is 16.3 Å². The molecular formula is C23H26N2O4S. The Labute approximate surface area is 177 Å². The standard InChI is InChI=1S/C23H26N2O4S/c1-4-25(30(27,28)19-13-14-22(29-5-2)17(3)15-19)16-23(26)24-21-12-8-10-18-9-6-7-11-20(18)21/h6-15H,4-5,16H2,1-3H3,(H,24,26). The van der Waals surface area contributed by atoms with Crippen LogP contribution >= 0.6 is 0 Å². The molecule has 1 amide bonds. The van der Waals surface area contributed by atoms with Gasteiger partial charge in [0.15, 0.2) is 0 Å². The molecule has 30 heavy (non-hydrogen) atoms. The van der Waals surface area contributed by atoms with E-state index < -0.39 is 10.0 Å². The zero-order chi connectivity index (χ0) is 21.7. The summed E-state index contributed by atoms with van der Waals surface area (Å²) in [6.45, 7) is 5.80. The zero-order valence-electron chi connectivity index (χ0n) is 17.4. The highest BCUT2D eigenvalue weighted by molar-refractivity contribution is 7.89. The minimum Gasteiger partial charge on any atom is -0.494 e. The summed E-state index contributed by atoms with van der Waals surface area (Å²) in [7, 11) is -3.82. The number of carbonyl (C=O) groups excluding carboxylic acids is 1. The molecule has 3 aromatic carbocycles. The molecule has 0 fully saturated rings. The summed E-state index contributed by atoms with van der Waals surface area (Å²) in [5, 5.41) is 4.75. The van der Waals surface area contributed by atoms with Crippen LogP contribution in [0.1, 0.15) is 19.4 Å². The molecule has 0 unspecified atom stereocenters. The Morgan fingerprint density at radius 3 is 2.47 bits per heavy atom. The molecule has 0 bridgehead atoms. The highest BCUT2D eigenvalue weighted by Crippen LogP contribution is 2.25. The lowest BCUT2D eigenvalue weighted by Gasteiger charge is -2.21. The van der Waals surface area contributed by atoms with Gasteiger partial charge in [0.05, 0.1) is 18.0 Å². The topological polar surface area (TPSA) is 75.7 Å². The van der Waals surface area contributed by atoms with Gasteiger partial charge >= 0.3 is 0 Å². The predicted molar refractivity (Wildman–Crippen MR) is 119 cm³/mol. The molecule has 0 saturated carbocycles. The molecule has 7 heteroatoms. The molecule has 0 aromatic heterocycles. The van der Waals surface area contributed by atoms with E-state index in [9.17, 15) is 13.2 Å². The number of rotatable bonds is 8. The maximum absolute atomic E-state index is 13.1. The van der Waals surface area contributed by atoms with Crippen LogP contribution in [0.5, 0.6) is 5.75 Å². The van der Waals surface area contributed by atoms with Crippen molar-refractivity contribution in [2.45, 2.75) is 25.7 Å². The maximum atomic E-state index is 13.1. The average molecular weight is 427 g/mol. The van der Waals surface area contributed by atoms with Gasteiger partial charge in [0.2, 0.25) is 15.9 Å². The Bertz CT molecular complexity index is 1150. The minimum atomic E-state index is -3.82. The van der Waals surface area contributed by atoms with Crippen molar-refractivity contribution in [3.8, 4) is 5.75 Å². The smallest absolute Gasteiger partial charge is 0.243 e. The van der Waals surface area contributed by atoms with E-state index in [2.05, 4.69) is 5.32 Å². The molecule has 0 radical (unpaired) electrons. The van der Waals surface area contributed by atoms with Crippen LogP contribution in [0.15, 0.2) is 65.6 Å². The Morgan fingerprint density at radius 1 is 1.03 bits per heavy atom. The van der Waals surface area contributed by atoms with E-state index in [-0.39, 0.29) is 23.9 Å². The summed E-state index contributed by atoms with van der Waals surface area (Å²) in [5.41, 5.74) is 1.39. The molecule has 158 valence electrons. The second-order valence-corrected chi connectivity index (χ2v) is 8.80. The van der Waals surface area contributed by atoms with E-state index in [4.69, 9.17) is 4.74 Å². The summed E-state index contributed by atoms with van der Waals surface area (Å²) >= 11 is 0. The second-order valence-electron chi connectivity index (χ2n) is 6.87. The second kappa shape index (κ2) is 9.28. The zero-order valence-corrected chi connectivity index (χ0v) is 18.2. The van der Waals surface area contributed by atoms with Gasteiger partial charge in [0.25, 0.3) is 0 Å². The van der Waals surface area contributed by atoms with Gasteiger partial charge in [0, 0.05) is 17.6 Å². The molecule has 0 atom stereocenters. The fourth-order valence-corrected chi connectivity index (χ4v) is 4.79. The third-order valence-electron chi connectivity index (χ3n) is 4.82. The number of hydrogen-bond acceptors (Lipinski definition) is 4. The van der Waals surface area contributed by atoms with Gasteiger partial charge in [-0.25, -0.2) is 8.42 Å². The first-order chi connectivity index (χ1) is 14.4. The highest BCUT2D eigenvalue weighted by Gasteiger charge is 2.26. The highest BCUT2D eigenvalue weighted by atomic mass is 32.2. The maximum Gasteiger partial charge on any atom is 0.243 e. The van der Waals surface area contributed by atoms with Gasteiger partial charge in [-0.2, -0.15) is 4.31 Å². The van der Waals surface area contributed by atoms with Crippen molar-refractivity contribution in [1.29, 1.82) is 0 Å². The number of fused-ring (bicyclic) bond motifs is 1. The molecule has 3 rings (SSSR count). The van der Waals surface area contributed by atoms with E-state index in [0.29, 0.717) is 18.0 Å². The van der Waals surface area contributed by atoms with Crippen LogP contribution in [-0.2, 0) is 14.8 Å². The fraction of sp³-hybridized carbons (Fsp3) is 0.261. The molecule has 0 saturated heterocycles. The number of carbonyl (C=O) groups is 1. The summed E-state index contributed by atoms with van der Waals surface area (Å²) in [4.78, 5) is 12.8. The van der Waals surface area contributed by atoms with Gasteiger partial charge in [-0.1, -0.05) is 43.3 Å². The first kappa shape index (κ1) is 21.8. The lowest BCUT2D eigenvalue weighted by atomic mass is 10.1.